The van der Waals surface area contributed by atoms with Crippen LogP contribution in [0, 0.1) is 0 Å². The summed E-state index contributed by atoms with van der Waals surface area (Å²) in [5.74, 6) is 0.527. The molecule has 1 aliphatic heterocycles. The quantitative estimate of drug-likeness (QED) is 0.591. The summed E-state index contributed by atoms with van der Waals surface area (Å²) in [6.45, 7) is 2.52. The van der Waals surface area contributed by atoms with Crippen LogP contribution in [0.15, 0.2) is 53.4 Å². The van der Waals surface area contributed by atoms with Gasteiger partial charge in [0, 0.05) is 30.2 Å². The van der Waals surface area contributed by atoms with E-state index in [1.54, 1.807) is 12.1 Å². The summed E-state index contributed by atoms with van der Waals surface area (Å²) in [5.41, 5.74) is 0.424. The molecule has 1 amide bonds. The van der Waals surface area contributed by atoms with Crippen molar-refractivity contribution in [1.29, 1.82) is 0 Å². The lowest BCUT2D eigenvalue weighted by molar-refractivity contribution is 0.0730. The first-order valence-corrected chi connectivity index (χ1v) is 11.6. The van der Waals surface area contributed by atoms with Crippen LogP contribution in [-0.4, -0.2) is 58.1 Å². The Morgan fingerprint density at radius 1 is 1.03 bits per heavy atom. The van der Waals surface area contributed by atoms with Crippen LogP contribution in [0.25, 0.3) is 0 Å². The molecule has 2 aromatic rings. The van der Waals surface area contributed by atoms with Gasteiger partial charge in [0.2, 0.25) is 10.0 Å². The summed E-state index contributed by atoms with van der Waals surface area (Å²) in [6, 6.07) is 13.2. The van der Waals surface area contributed by atoms with Crippen LogP contribution < -0.4 is 10.1 Å². The molecule has 1 saturated heterocycles. The highest BCUT2D eigenvalue weighted by Gasteiger charge is 2.26. The molecule has 0 atom stereocenters. The van der Waals surface area contributed by atoms with Crippen molar-refractivity contribution in [2.24, 2.45) is 0 Å². The predicted octanol–water partition coefficient (Wildman–Crippen LogP) is 2.95. The van der Waals surface area contributed by atoms with Crippen LogP contribution >= 0.6 is 11.6 Å². The van der Waals surface area contributed by atoms with Crippen LogP contribution in [0.3, 0.4) is 0 Å². The zero-order chi connectivity index (χ0) is 21.4. The van der Waals surface area contributed by atoms with Gasteiger partial charge in [-0.05, 0) is 61.4 Å². The molecule has 3 rings (SSSR count). The van der Waals surface area contributed by atoms with Crippen LogP contribution in [0.4, 0.5) is 0 Å². The van der Waals surface area contributed by atoms with Crippen molar-refractivity contribution in [3.8, 4) is 5.75 Å². The molecule has 0 bridgehead atoms. The summed E-state index contributed by atoms with van der Waals surface area (Å²) in [5, 5.41) is 3.50. The van der Waals surface area contributed by atoms with Gasteiger partial charge in [-0.15, -0.1) is 0 Å². The van der Waals surface area contributed by atoms with Crippen molar-refractivity contribution in [3.63, 3.8) is 0 Å². The molecule has 0 unspecified atom stereocenters. The summed E-state index contributed by atoms with van der Waals surface area (Å²) < 4.78 is 37.4. The number of unbranched alkanes of at least 4 members (excludes halogenated alkanes) is 1. The zero-order valence-corrected chi connectivity index (χ0v) is 18.1. The lowest BCUT2D eigenvalue weighted by atomic mass is 10.2. The third kappa shape index (κ3) is 6.18. The average molecular weight is 453 g/mol. The van der Waals surface area contributed by atoms with E-state index in [2.05, 4.69) is 5.32 Å². The van der Waals surface area contributed by atoms with Gasteiger partial charge in [0.25, 0.3) is 5.91 Å². The Balaban J connectivity index is 1.40. The van der Waals surface area contributed by atoms with Crippen LogP contribution in [0.1, 0.15) is 23.2 Å². The maximum Gasteiger partial charge on any atom is 0.251 e. The van der Waals surface area contributed by atoms with Crippen LogP contribution in [-0.2, 0) is 14.8 Å². The molecule has 1 aliphatic rings. The third-order valence-electron chi connectivity index (χ3n) is 4.66. The Bertz CT molecular complexity index is 927. The van der Waals surface area contributed by atoms with E-state index in [1.165, 1.54) is 28.6 Å². The summed E-state index contributed by atoms with van der Waals surface area (Å²) in [4.78, 5) is 12.4. The SMILES string of the molecule is O=C(NCCCCOc1ccc(Cl)cc1)c1ccc(S(=O)(=O)N2CCOCC2)cc1. The molecule has 1 N–H and O–H groups in total. The number of hydrogen-bond acceptors (Lipinski definition) is 5. The molecule has 0 saturated carbocycles. The second-order valence-electron chi connectivity index (χ2n) is 6.81. The van der Waals surface area contributed by atoms with Gasteiger partial charge < -0.3 is 14.8 Å². The van der Waals surface area contributed by atoms with E-state index in [0.29, 0.717) is 50.0 Å². The first kappa shape index (κ1) is 22.6. The van der Waals surface area contributed by atoms with Crippen LogP contribution in [0.5, 0.6) is 5.75 Å². The molecule has 2 aromatic carbocycles. The minimum atomic E-state index is -3.56. The number of morpholine rings is 1. The summed E-state index contributed by atoms with van der Waals surface area (Å²) >= 11 is 5.83. The van der Waals surface area contributed by atoms with Gasteiger partial charge in [0.1, 0.15) is 5.75 Å². The number of sulfonamides is 1. The molecular formula is C21H25ClN2O5S. The minimum Gasteiger partial charge on any atom is -0.494 e. The van der Waals surface area contributed by atoms with Gasteiger partial charge >= 0.3 is 0 Å². The number of hydrogen-bond donors (Lipinski definition) is 1. The monoisotopic (exact) mass is 452 g/mol. The Kier molecular flexibility index (Phi) is 8.09. The lowest BCUT2D eigenvalue weighted by Crippen LogP contribution is -2.40. The number of carbonyl (C=O) groups excluding carboxylic acids is 1. The largest absolute Gasteiger partial charge is 0.494 e. The van der Waals surface area contributed by atoms with Crippen molar-refractivity contribution < 1.29 is 22.7 Å². The highest BCUT2D eigenvalue weighted by molar-refractivity contribution is 7.89. The molecule has 0 spiro atoms. The number of ether oxygens (including phenoxy) is 2. The number of carbonyl (C=O) groups is 1. The Labute approximate surface area is 182 Å². The Morgan fingerprint density at radius 3 is 2.37 bits per heavy atom. The minimum absolute atomic E-state index is 0.181. The highest BCUT2D eigenvalue weighted by atomic mass is 35.5. The van der Waals surface area contributed by atoms with Gasteiger partial charge in [0.15, 0.2) is 0 Å². The molecule has 162 valence electrons. The normalized spacial score (nSPS) is 15.0. The fraction of sp³-hybridized carbons (Fsp3) is 0.381. The van der Waals surface area contributed by atoms with Gasteiger partial charge in [-0.2, -0.15) is 4.31 Å². The molecule has 30 heavy (non-hydrogen) atoms. The molecule has 1 heterocycles. The van der Waals surface area contributed by atoms with E-state index in [-0.39, 0.29) is 10.8 Å². The van der Waals surface area contributed by atoms with Gasteiger partial charge in [-0.3, -0.25) is 4.79 Å². The number of rotatable bonds is 9. The number of benzene rings is 2. The summed E-state index contributed by atoms with van der Waals surface area (Å²) in [6.07, 6.45) is 1.56. The van der Waals surface area contributed by atoms with E-state index in [1.807, 2.05) is 12.1 Å². The summed E-state index contributed by atoms with van der Waals surface area (Å²) in [7, 11) is -3.56. The van der Waals surface area contributed by atoms with Crippen molar-refractivity contribution in [3.05, 3.63) is 59.1 Å². The van der Waals surface area contributed by atoms with E-state index in [4.69, 9.17) is 21.1 Å². The highest BCUT2D eigenvalue weighted by Crippen LogP contribution is 2.18. The smallest absolute Gasteiger partial charge is 0.251 e. The topological polar surface area (TPSA) is 84.9 Å². The molecule has 0 radical (unpaired) electrons. The van der Waals surface area contributed by atoms with Gasteiger partial charge in [0.05, 0.1) is 24.7 Å². The van der Waals surface area contributed by atoms with Crippen molar-refractivity contribution in [1.82, 2.24) is 9.62 Å². The predicted molar refractivity (Wildman–Crippen MR) is 115 cm³/mol. The van der Waals surface area contributed by atoms with E-state index in [0.717, 1.165) is 18.6 Å². The number of nitrogens with zero attached hydrogens (tertiary/aromatic N) is 1. The molecule has 1 fully saturated rings. The lowest BCUT2D eigenvalue weighted by Gasteiger charge is -2.26. The Morgan fingerprint density at radius 2 is 1.70 bits per heavy atom. The van der Waals surface area contributed by atoms with Gasteiger partial charge in [-0.25, -0.2) is 8.42 Å². The van der Waals surface area contributed by atoms with Gasteiger partial charge in [-0.1, -0.05) is 11.6 Å². The number of halogens is 1. The van der Waals surface area contributed by atoms with E-state index < -0.39 is 10.0 Å². The number of nitrogens with one attached hydrogen (secondary N) is 1. The second-order valence-corrected chi connectivity index (χ2v) is 9.18. The third-order valence-corrected chi connectivity index (χ3v) is 6.83. The van der Waals surface area contributed by atoms with Crippen LogP contribution in [0.2, 0.25) is 5.02 Å². The number of amides is 1. The van der Waals surface area contributed by atoms with E-state index in [9.17, 15) is 13.2 Å². The second kappa shape index (κ2) is 10.8. The zero-order valence-electron chi connectivity index (χ0n) is 16.6. The molecular weight excluding hydrogens is 428 g/mol. The fourth-order valence-electron chi connectivity index (χ4n) is 2.97. The standard InChI is InChI=1S/C21H25ClN2O5S/c22-18-5-7-19(8-6-18)29-14-2-1-11-23-21(25)17-3-9-20(10-4-17)30(26,27)24-12-15-28-16-13-24/h3-10H,1-2,11-16H2,(H,23,25). The first-order valence-electron chi connectivity index (χ1n) is 9.81. The van der Waals surface area contributed by atoms with Crippen molar-refractivity contribution in [2.45, 2.75) is 17.7 Å². The maximum absolute atomic E-state index is 12.6. The molecule has 9 heteroatoms. The van der Waals surface area contributed by atoms with Crippen molar-refractivity contribution >= 4 is 27.5 Å². The van der Waals surface area contributed by atoms with E-state index >= 15 is 0 Å². The maximum atomic E-state index is 12.6. The first-order chi connectivity index (χ1) is 14.5. The fourth-order valence-corrected chi connectivity index (χ4v) is 4.50. The molecule has 0 aromatic heterocycles. The molecule has 0 aliphatic carbocycles. The molecule has 7 nitrogen and oxygen atoms in total. The average Bonchev–Trinajstić information content (AvgIpc) is 2.78. The van der Waals surface area contributed by atoms with Crippen molar-refractivity contribution in [2.75, 3.05) is 39.5 Å². The Hall–Kier alpha value is -2.13.